The van der Waals surface area contributed by atoms with Gasteiger partial charge in [-0.25, -0.2) is 4.98 Å². The Morgan fingerprint density at radius 3 is 3.10 bits per heavy atom. The highest BCUT2D eigenvalue weighted by molar-refractivity contribution is 14.1. The molecular formula is C14H13IN2O3. The summed E-state index contributed by atoms with van der Waals surface area (Å²) in [6.07, 6.45) is 0. The number of H-pyrrole nitrogens is 1. The van der Waals surface area contributed by atoms with E-state index in [1.165, 1.54) is 0 Å². The van der Waals surface area contributed by atoms with Crippen molar-refractivity contribution in [3.63, 3.8) is 0 Å². The molecule has 5 nitrogen and oxygen atoms in total. The number of methoxy groups -OCH3 is 1. The van der Waals surface area contributed by atoms with Gasteiger partial charge in [-0.05, 0) is 28.7 Å². The average molecular weight is 384 g/mol. The molecule has 20 heavy (non-hydrogen) atoms. The van der Waals surface area contributed by atoms with Gasteiger partial charge in [0.1, 0.15) is 21.8 Å². The van der Waals surface area contributed by atoms with Crippen LogP contribution in [0.2, 0.25) is 0 Å². The molecule has 3 rings (SSSR count). The Morgan fingerprint density at radius 2 is 2.30 bits per heavy atom. The molecule has 0 radical (unpaired) electrons. The van der Waals surface area contributed by atoms with E-state index < -0.39 is 0 Å². The summed E-state index contributed by atoms with van der Waals surface area (Å²) < 4.78 is 11.3. The molecule has 1 aliphatic heterocycles. The van der Waals surface area contributed by atoms with Gasteiger partial charge in [0.2, 0.25) is 0 Å². The SMILES string of the molecule is COCc1nc(C2COc3ccccc32)[nH]c(=O)c1I. The molecular weight excluding hydrogens is 371 g/mol. The number of halogens is 1. The summed E-state index contributed by atoms with van der Waals surface area (Å²) in [6, 6.07) is 7.82. The van der Waals surface area contributed by atoms with Gasteiger partial charge in [-0.3, -0.25) is 4.79 Å². The lowest BCUT2D eigenvalue weighted by Gasteiger charge is -2.10. The average Bonchev–Trinajstić information content (AvgIpc) is 2.88. The summed E-state index contributed by atoms with van der Waals surface area (Å²) in [5.74, 6) is 1.45. The van der Waals surface area contributed by atoms with E-state index in [9.17, 15) is 4.79 Å². The van der Waals surface area contributed by atoms with Crippen LogP contribution in [0.3, 0.4) is 0 Å². The molecule has 1 N–H and O–H groups in total. The van der Waals surface area contributed by atoms with Crippen molar-refractivity contribution >= 4 is 22.6 Å². The topological polar surface area (TPSA) is 64.2 Å². The Balaban J connectivity index is 2.06. The highest BCUT2D eigenvalue weighted by atomic mass is 127. The molecule has 0 amide bonds. The lowest BCUT2D eigenvalue weighted by atomic mass is 10.0. The van der Waals surface area contributed by atoms with Crippen LogP contribution in [-0.4, -0.2) is 23.7 Å². The fraction of sp³-hybridized carbons (Fsp3) is 0.286. The lowest BCUT2D eigenvalue weighted by molar-refractivity contribution is 0.180. The quantitative estimate of drug-likeness (QED) is 0.823. The van der Waals surface area contributed by atoms with Crippen molar-refractivity contribution in [3.8, 4) is 5.75 Å². The third-order valence-corrected chi connectivity index (χ3v) is 4.37. The Hall–Kier alpha value is -1.41. The minimum Gasteiger partial charge on any atom is -0.492 e. The zero-order valence-corrected chi connectivity index (χ0v) is 13.0. The highest BCUT2D eigenvalue weighted by Crippen LogP contribution is 2.36. The molecule has 2 aromatic rings. The number of hydrogen-bond donors (Lipinski definition) is 1. The monoisotopic (exact) mass is 384 g/mol. The van der Waals surface area contributed by atoms with Crippen LogP contribution in [0, 0.1) is 3.57 Å². The zero-order valence-electron chi connectivity index (χ0n) is 10.9. The Labute approximate surface area is 129 Å². The Bertz CT molecular complexity index is 699. The summed E-state index contributed by atoms with van der Waals surface area (Å²) >= 11 is 1.99. The summed E-state index contributed by atoms with van der Waals surface area (Å²) in [4.78, 5) is 19.4. The molecule has 0 aliphatic carbocycles. The third-order valence-electron chi connectivity index (χ3n) is 3.26. The van der Waals surface area contributed by atoms with Gasteiger partial charge in [-0.1, -0.05) is 18.2 Å². The molecule has 104 valence electrons. The van der Waals surface area contributed by atoms with Crippen molar-refractivity contribution < 1.29 is 9.47 Å². The first-order valence-corrected chi connectivity index (χ1v) is 7.28. The van der Waals surface area contributed by atoms with Crippen LogP contribution in [0.25, 0.3) is 0 Å². The Kier molecular flexibility index (Phi) is 3.75. The molecule has 0 spiro atoms. The molecule has 0 saturated carbocycles. The van der Waals surface area contributed by atoms with E-state index in [4.69, 9.17) is 9.47 Å². The first-order valence-electron chi connectivity index (χ1n) is 6.20. The van der Waals surface area contributed by atoms with Crippen LogP contribution in [0.5, 0.6) is 5.75 Å². The van der Waals surface area contributed by atoms with Crippen molar-refractivity contribution in [3.05, 3.63) is 55.3 Å². The van der Waals surface area contributed by atoms with Crippen LogP contribution >= 0.6 is 22.6 Å². The molecule has 6 heteroatoms. The number of nitrogens with zero attached hydrogens (tertiary/aromatic N) is 1. The van der Waals surface area contributed by atoms with E-state index in [0.29, 0.717) is 28.3 Å². The van der Waals surface area contributed by atoms with E-state index in [-0.39, 0.29) is 11.5 Å². The van der Waals surface area contributed by atoms with E-state index >= 15 is 0 Å². The third kappa shape index (κ3) is 2.33. The fourth-order valence-electron chi connectivity index (χ4n) is 2.31. The second kappa shape index (κ2) is 5.53. The first-order chi connectivity index (χ1) is 9.70. The Morgan fingerprint density at radius 1 is 1.50 bits per heavy atom. The maximum absolute atomic E-state index is 12.0. The maximum atomic E-state index is 12.0. The number of fused-ring (bicyclic) bond motifs is 1. The molecule has 1 aromatic carbocycles. The van der Waals surface area contributed by atoms with Gasteiger partial charge < -0.3 is 14.5 Å². The van der Waals surface area contributed by atoms with Gasteiger partial charge >= 0.3 is 0 Å². The molecule has 0 fully saturated rings. The smallest absolute Gasteiger partial charge is 0.264 e. The second-order valence-corrected chi connectivity index (χ2v) is 5.63. The summed E-state index contributed by atoms with van der Waals surface area (Å²) in [7, 11) is 1.59. The van der Waals surface area contributed by atoms with Crippen LogP contribution in [-0.2, 0) is 11.3 Å². The van der Waals surface area contributed by atoms with Crippen LogP contribution < -0.4 is 10.3 Å². The van der Waals surface area contributed by atoms with Gasteiger partial charge in [0.05, 0.1) is 18.2 Å². The van der Waals surface area contributed by atoms with Crippen LogP contribution in [0.15, 0.2) is 29.1 Å². The van der Waals surface area contributed by atoms with E-state index in [2.05, 4.69) is 9.97 Å². The van der Waals surface area contributed by atoms with E-state index in [1.54, 1.807) is 7.11 Å². The van der Waals surface area contributed by atoms with Crippen LogP contribution in [0.4, 0.5) is 0 Å². The number of aromatic amines is 1. The molecule has 2 heterocycles. The number of hydrogen-bond acceptors (Lipinski definition) is 4. The molecule has 0 saturated heterocycles. The standard InChI is InChI=1S/C14H13IN2O3/c1-19-7-10-12(15)14(18)17-13(16-10)9-6-20-11-5-3-2-4-8(9)11/h2-5,9H,6-7H2,1H3,(H,16,17,18). The number of para-hydroxylation sites is 1. The van der Waals surface area contributed by atoms with Gasteiger partial charge in [0.15, 0.2) is 0 Å². The molecule has 1 aromatic heterocycles. The summed E-state index contributed by atoms with van der Waals surface area (Å²) in [6.45, 7) is 0.819. The van der Waals surface area contributed by atoms with Crippen molar-refractivity contribution in [2.45, 2.75) is 12.5 Å². The number of aromatic nitrogens is 2. The number of ether oxygens (including phenoxy) is 2. The number of benzene rings is 1. The zero-order chi connectivity index (χ0) is 14.1. The maximum Gasteiger partial charge on any atom is 0.264 e. The fourth-order valence-corrected chi connectivity index (χ4v) is 2.72. The normalized spacial score (nSPS) is 16.8. The largest absolute Gasteiger partial charge is 0.492 e. The predicted octanol–water partition coefficient (Wildman–Crippen LogP) is 2.05. The minimum absolute atomic E-state index is 0.0356. The predicted molar refractivity (Wildman–Crippen MR) is 82.1 cm³/mol. The van der Waals surface area contributed by atoms with Crippen molar-refractivity contribution in [2.24, 2.45) is 0 Å². The molecule has 1 unspecified atom stereocenters. The number of rotatable bonds is 3. The van der Waals surface area contributed by atoms with Crippen LogP contribution in [0.1, 0.15) is 23.0 Å². The lowest BCUT2D eigenvalue weighted by Crippen LogP contribution is -2.21. The minimum atomic E-state index is -0.132. The van der Waals surface area contributed by atoms with Crippen molar-refractivity contribution in [2.75, 3.05) is 13.7 Å². The molecule has 0 bridgehead atoms. The van der Waals surface area contributed by atoms with Gasteiger partial charge in [0, 0.05) is 12.7 Å². The number of nitrogens with one attached hydrogen (secondary N) is 1. The molecule has 1 atom stereocenters. The van der Waals surface area contributed by atoms with Gasteiger partial charge in [-0.15, -0.1) is 0 Å². The van der Waals surface area contributed by atoms with Crippen molar-refractivity contribution in [1.29, 1.82) is 0 Å². The second-order valence-electron chi connectivity index (χ2n) is 4.55. The molecule has 1 aliphatic rings. The van der Waals surface area contributed by atoms with Crippen molar-refractivity contribution in [1.82, 2.24) is 9.97 Å². The first kappa shape index (κ1) is 13.6. The van der Waals surface area contributed by atoms with Gasteiger partial charge in [0.25, 0.3) is 5.56 Å². The highest BCUT2D eigenvalue weighted by Gasteiger charge is 2.28. The van der Waals surface area contributed by atoms with E-state index in [0.717, 1.165) is 11.3 Å². The summed E-state index contributed by atoms with van der Waals surface area (Å²) in [5, 5.41) is 0. The van der Waals surface area contributed by atoms with Gasteiger partial charge in [-0.2, -0.15) is 0 Å². The van der Waals surface area contributed by atoms with E-state index in [1.807, 2.05) is 46.9 Å². The summed E-state index contributed by atoms with van der Waals surface area (Å²) in [5.41, 5.74) is 1.59.